The predicted molar refractivity (Wildman–Crippen MR) is 102 cm³/mol. The van der Waals surface area contributed by atoms with Gasteiger partial charge in [0.15, 0.2) is 0 Å². The van der Waals surface area contributed by atoms with Crippen molar-refractivity contribution in [3.05, 3.63) is 35.6 Å². The molecule has 0 saturated carbocycles. The number of carbonyl (C=O) groups is 2. The molecule has 152 valence electrons. The number of rotatable bonds is 3. The van der Waals surface area contributed by atoms with Crippen molar-refractivity contribution in [2.45, 2.75) is 37.8 Å². The van der Waals surface area contributed by atoms with Gasteiger partial charge in [0.2, 0.25) is 11.8 Å². The molecule has 0 spiro atoms. The molecule has 0 aliphatic carbocycles. The van der Waals surface area contributed by atoms with E-state index in [0.717, 1.165) is 52.0 Å². The number of ether oxygens (including phenoxy) is 1. The molecular formula is C21H28FN3O3. The number of nitrogens with one attached hydrogen (secondary N) is 1. The molecule has 3 fully saturated rings. The van der Waals surface area contributed by atoms with Gasteiger partial charge in [0.1, 0.15) is 11.9 Å². The second-order valence-electron chi connectivity index (χ2n) is 7.93. The first-order valence-corrected chi connectivity index (χ1v) is 10.3. The van der Waals surface area contributed by atoms with Gasteiger partial charge in [0.25, 0.3) is 0 Å². The smallest absolute Gasteiger partial charge is 0.247 e. The standard InChI is InChI=1S/C21H28FN3O3/c22-17-3-1-15(2-4-17)19-20(26)23-9-12-25(19)21(27)16-5-10-24(11-6-16)18-7-13-28-14-8-18/h1-4,16,18-19H,5-14H2,(H,23,26)/t19-/m0/s1. The Morgan fingerprint density at radius 3 is 2.39 bits per heavy atom. The summed E-state index contributed by atoms with van der Waals surface area (Å²) in [4.78, 5) is 30.0. The highest BCUT2D eigenvalue weighted by atomic mass is 19.1. The van der Waals surface area contributed by atoms with Gasteiger partial charge < -0.3 is 19.9 Å². The zero-order valence-electron chi connectivity index (χ0n) is 16.1. The molecule has 6 nitrogen and oxygen atoms in total. The Balaban J connectivity index is 1.42. The molecular weight excluding hydrogens is 361 g/mol. The molecule has 3 heterocycles. The van der Waals surface area contributed by atoms with Gasteiger partial charge in [-0.25, -0.2) is 4.39 Å². The third kappa shape index (κ3) is 4.05. The monoisotopic (exact) mass is 389 g/mol. The van der Waals surface area contributed by atoms with E-state index in [4.69, 9.17) is 4.74 Å². The minimum atomic E-state index is -0.671. The predicted octanol–water partition coefficient (Wildman–Crippen LogP) is 1.72. The molecule has 3 aliphatic heterocycles. The minimum absolute atomic E-state index is 0.0510. The van der Waals surface area contributed by atoms with Crippen molar-refractivity contribution in [2.75, 3.05) is 39.4 Å². The van der Waals surface area contributed by atoms with Crippen LogP contribution in [0.25, 0.3) is 0 Å². The molecule has 0 bridgehead atoms. The van der Waals surface area contributed by atoms with Crippen LogP contribution in [-0.4, -0.2) is 67.0 Å². The Morgan fingerprint density at radius 1 is 1.04 bits per heavy atom. The van der Waals surface area contributed by atoms with E-state index in [1.165, 1.54) is 12.1 Å². The summed E-state index contributed by atoms with van der Waals surface area (Å²) in [6.45, 7) is 4.44. The SMILES string of the molecule is O=C1NCCN(C(=O)C2CCN(C3CCOCC3)CC2)[C@H]1c1ccc(F)cc1. The van der Waals surface area contributed by atoms with Gasteiger partial charge in [-0.05, 0) is 56.5 Å². The number of amides is 2. The average molecular weight is 389 g/mol. The first-order valence-electron chi connectivity index (χ1n) is 10.3. The van der Waals surface area contributed by atoms with Crippen LogP contribution >= 0.6 is 0 Å². The number of piperidine rings is 1. The summed E-state index contributed by atoms with van der Waals surface area (Å²) in [5.41, 5.74) is 0.659. The number of benzene rings is 1. The summed E-state index contributed by atoms with van der Waals surface area (Å²) in [5.74, 6) is -0.537. The number of nitrogens with zero attached hydrogens (tertiary/aromatic N) is 2. The van der Waals surface area contributed by atoms with Crippen molar-refractivity contribution >= 4 is 11.8 Å². The van der Waals surface area contributed by atoms with Gasteiger partial charge in [-0.3, -0.25) is 9.59 Å². The molecule has 2 amide bonds. The van der Waals surface area contributed by atoms with Crippen molar-refractivity contribution in [1.82, 2.24) is 15.1 Å². The Kier molecular flexibility index (Phi) is 5.92. The van der Waals surface area contributed by atoms with Gasteiger partial charge in [0.05, 0.1) is 0 Å². The van der Waals surface area contributed by atoms with Gasteiger partial charge in [-0.1, -0.05) is 12.1 Å². The highest BCUT2D eigenvalue weighted by molar-refractivity contribution is 5.90. The molecule has 0 unspecified atom stereocenters. The largest absolute Gasteiger partial charge is 0.381 e. The van der Waals surface area contributed by atoms with Crippen LogP contribution in [0.1, 0.15) is 37.3 Å². The Hall–Kier alpha value is -1.99. The van der Waals surface area contributed by atoms with Crippen LogP contribution in [0.3, 0.4) is 0 Å². The molecule has 1 N–H and O–H groups in total. The molecule has 0 aromatic heterocycles. The molecule has 1 aromatic rings. The lowest BCUT2D eigenvalue weighted by atomic mass is 9.91. The van der Waals surface area contributed by atoms with Crippen molar-refractivity contribution in [3.63, 3.8) is 0 Å². The van der Waals surface area contributed by atoms with E-state index in [1.807, 2.05) is 0 Å². The summed E-state index contributed by atoms with van der Waals surface area (Å²) in [7, 11) is 0. The van der Waals surface area contributed by atoms with Gasteiger partial charge in [-0.15, -0.1) is 0 Å². The third-order valence-electron chi connectivity index (χ3n) is 6.27. The molecule has 3 aliphatic rings. The van der Waals surface area contributed by atoms with Crippen molar-refractivity contribution in [1.29, 1.82) is 0 Å². The van der Waals surface area contributed by atoms with Gasteiger partial charge in [-0.2, -0.15) is 0 Å². The zero-order chi connectivity index (χ0) is 19.5. The Bertz CT molecular complexity index is 697. The molecule has 0 radical (unpaired) electrons. The second kappa shape index (κ2) is 8.57. The maximum atomic E-state index is 13.3. The molecule has 28 heavy (non-hydrogen) atoms. The van der Waals surface area contributed by atoms with E-state index < -0.39 is 6.04 Å². The first kappa shape index (κ1) is 19.3. The van der Waals surface area contributed by atoms with E-state index in [-0.39, 0.29) is 23.5 Å². The number of halogens is 1. The van der Waals surface area contributed by atoms with Crippen molar-refractivity contribution in [3.8, 4) is 0 Å². The Labute approximate surface area is 165 Å². The van der Waals surface area contributed by atoms with Crippen LogP contribution in [0.15, 0.2) is 24.3 Å². The molecule has 1 aromatic carbocycles. The fourth-order valence-corrected chi connectivity index (χ4v) is 4.68. The average Bonchev–Trinajstić information content (AvgIpc) is 2.75. The number of hydrogen-bond donors (Lipinski definition) is 1. The van der Waals surface area contributed by atoms with Crippen LogP contribution in [0.4, 0.5) is 4.39 Å². The van der Waals surface area contributed by atoms with E-state index in [2.05, 4.69) is 10.2 Å². The normalized spacial score (nSPS) is 25.5. The summed E-state index contributed by atoms with van der Waals surface area (Å²) in [6, 6.07) is 5.77. The van der Waals surface area contributed by atoms with Gasteiger partial charge >= 0.3 is 0 Å². The van der Waals surface area contributed by atoms with Gasteiger partial charge in [0, 0.05) is 38.3 Å². The lowest BCUT2D eigenvalue weighted by Crippen LogP contribution is -2.55. The van der Waals surface area contributed by atoms with Crippen LogP contribution < -0.4 is 5.32 Å². The summed E-state index contributed by atoms with van der Waals surface area (Å²) < 4.78 is 18.7. The van der Waals surface area contributed by atoms with E-state index in [0.29, 0.717) is 24.7 Å². The maximum absolute atomic E-state index is 13.3. The maximum Gasteiger partial charge on any atom is 0.247 e. The zero-order valence-corrected chi connectivity index (χ0v) is 16.1. The van der Waals surface area contributed by atoms with E-state index in [9.17, 15) is 14.0 Å². The quantitative estimate of drug-likeness (QED) is 0.855. The van der Waals surface area contributed by atoms with Crippen LogP contribution in [0, 0.1) is 11.7 Å². The van der Waals surface area contributed by atoms with Crippen LogP contribution in [-0.2, 0) is 14.3 Å². The number of carbonyl (C=O) groups excluding carboxylic acids is 2. The molecule has 3 saturated heterocycles. The van der Waals surface area contributed by atoms with E-state index in [1.54, 1.807) is 17.0 Å². The summed E-state index contributed by atoms with van der Waals surface area (Å²) in [6.07, 6.45) is 3.78. The van der Waals surface area contributed by atoms with Crippen molar-refractivity contribution in [2.24, 2.45) is 5.92 Å². The fraction of sp³-hybridized carbons (Fsp3) is 0.619. The number of piperazine rings is 1. The molecule has 1 atom stereocenters. The lowest BCUT2D eigenvalue weighted by molar-refractivity contribution is -0.148. The Morgan fingerprint density at radius 2 is 1.71 bits per heavy atom. The van der Waals surface area contributed by atoms with Crippen LogP contribution in [0.5, 0.6) is 0 Å². The number of hydrogen-bond acceptors (Lipinski definition) is 4. The highest BCUT2D eigenvalue weighted by Gasteiger charge is 2.38. The third-order valence-corrected chi connectivity index (χ3v) is 6.27. The second-order valence-corrected chi connectivity index (χ2v) is 7.93. The first-order chi connectivity index (χ1) is 13.6. The van der Waals surface area contributed by atoms with Crippen molar-refractivity contribution < 1.29 is 18.7 Å². The number of likely N-dealkylation sites (tertiary alicyclic amines) is 1. The summed E-state index contributed by atoms with van der Waals surface area (Å²) >= 11 is 0. The summed E-state index contributed by atoms with van der Waals surface area (Å²) in [5, 5.41) is 2.84. The topological polar surface area (TPSA) is 61.9 Å². The minimum Gasteiger partial charge on any atom is -0.381 e. The fourth-order valence-electron chi connectivity index (χ4n) is 4.68. The molecule has 4 rings (SSSR count). The highest BCUT2D eigenvalue weighted by Crippen LogP contribution is 2.29. The lowest BCUT2D eigenvalue weighted by Gasteiger charge is -2.42. The van der Waals surface area contributed by atoms with Crippen LogP contribution in [0.2, 0.25) is 0 Å². The van der Waals surface area contributed by atoms with E-state index >= 15 is 0 Å². The molecule has 7 heteroatoms.